The Labute approximate surface area is 102 Å². The lowest BCUT2D eigenvalue weighted by Crippen LogP contribution is -2.26. The van der Waals surface area contributed by atoms with Gasteiger partial charge in [0.1, 0.15) is 12.7 Å². The fourth-order valence-electron chi connectivity index (χ4n) is 1.21. The summed E-state index contributed by atoms with van der Waals surface area (Å²) in [5.41, 5.74) is 0. The van der Waals surface area contributed by atoms with Crippen LogP contribution < -0.4 is 5.32 Å². The van der Waals surface area contributed by atoms with Crippen molar-refractivity contribution < 1.29 is 24.6 Å². The Morgan fingerprint density at radius 1 is 1.33 bits per heavy atom. The molecule has 0 aliphatic carbocycles. The molecule has 1 amide bonds. The van der Waals surface area contributed by atoms with E-state index in [2.05, 4.69) is 15.0 Å². The summed E-state index contributed by atoms with van der Waals surface area (Å²) in [4.78, 5) is 39.4. The van der Waals surface area contributed by atoms with E-state index < -0.39 is 22.9 Å². The Bertz CT molecular complexity index is 296. The number of rotatable bonds is 10. The summed E-state index contributed by atoms with van der Waals surface area (Å²) >= 11 is 0. The third kappa shape index (κ3) is 9.12. The minimum Gasteiger partial charge on any atom is -0.356 e. The molecular formula is C8H15N3O7. The first-order valence-corrected chi connectivity index (χ1v) is 5.30. The molecule has 0 rings (SSSR count). The van der Waals surface area contributed by atoms with E-state index in [9.17, 15) is 25.0 Å². The van der Waals surface area contributed by atoms with E-state index in [1.165, 1.54) is 0 Å². The highest BCUT2D eigenvalue weighted by Crippen LogP contribution is 2.06. The Kier molecular flexibility index (Phi) is 7.90. The number of carbonyl (C=O) groups is 1. The van der Waals surface area contributed by atoms with Crippen molar-refractivity contribution in [3.8, 4) is 0 Å². The molecular weight excluding hydrogens is 250 g/mol. The SMILES string of the molecule is CCNC(=O)CCCC(CO[N+](=O)[O-])O[N+](=O)[O-]. The zero-order chi connectivity index (χ0) is 14.0. The van der Waals surface area contributed by atoms with Gasteiger partial charge in [-0.25, -0.2) is 0 Å². The molecule has 0 bridgehead atoms. The fourth-order valence-corrected chi connectivity index (χ4v) is 1.21. The predicted molar refractivity (Wildman–Crippen MR) is 57.3 cm³/mol. The minimum absolute atomic E-state index is 0.117. The van der Waals surface area contributed by atoms with E-state index >= 15 is 0 Å². The Morgan fingerprint density at radius 2 is 2.00 bits per heavy atom. The molecule has 10 nitrogen and oxygen atoms in total. The molecule has 1 N–H and O–H groups in total. The van der Waals surface area contributed by atoms with Crippen LogP contribution in [-0.4, -0.2) is 35.3 Å². The average molecular weight is 265 g/mol. The highest BCUT2D eigenvalue weighted by atomic mass is 17.0. The van der Waals surface area contributed by atoms with E-state index in [1.54, 1.807) is 6.92 Å². The van der Waals surface area contributed by atoms with E-state index in [0.717, 1.165) is 0 Å². The van der Waals surface area contributed by atoms with Gasteiger partial charge in [-0.05, 0) is 19.8 Å². The second-order valence-corrected chi connectivity index (χ2v) is 3.32. The summed E-state index contributed by atoms with van der Waals surface area (Å²) in [6, 6.07) is 0. The first-order valence-electron chi connectivity index (χ1n) is 5.30. The van der Waals surface area contributed by atoms with Gasteiger partial charge in [0.25, 0.3) is 10.2 Å². The van der Waals surface area contributed by atoms with Crippen LogP contribution in [0.3, 0.4) is 0 Å². The van der Waals surface area contributed by atoms with Gasteiger partial charge in [0.2, 0.25) is 5.91 Å². The van der Waals surface area contributed by atoms with Crippen LogP contribution in [0.1, 0.15) is 26.2 Å². The molecule has 10 heteroatoms. The van der Waals surface area contributed by atoms with Gasteiger partial charge in [0.15, 0.2) is 0 Å². The molecule has 0 heterocycles. The van der Waals surface area contributed by atoms with Crippen LogP contribution in [0.5, 0.6) is 0 Å². The predicted octanol–water partition coefficient (Wildman–Crippen LogP) is 0.0780. The number of carbonyl (C=O) groups excluding carboxylic acids is 1. The van der Waals surface area contributed by atoms with E-state index in [1.807, 2.05) is 0 Å². The van der Waals surface area contributed by atoms with Crippen molar-refractivity contribution in [1.29, 1.82) is 0 Å². The average Bonchev–Trinajstić information content (AvgIpc) is 2.25. The molecule has 0 aromatic rings. The Balaban J connectivity index is 3.95. The van der Waals surface area contributed by atoms with Crippen molar-refractivity contribution in [1.82, 2.24) is 5.32 Å². The Morgan fingerprint density at radius 3 is 2.50 bits per heavy atom. The standard InChI is InChI=1S/C8H15N3O7/c1-2-9-8(12)5-3-4-7(18-11(15)16)6-17-10(13)14/h7H,2-6H2,1H3,(H,9,12). The van der Waals surface area contributed by atoms with Crippen LogP contribution in [0.2, 0.25) is 0 Å². The van der Waals surface area contributed by atoms with E-state index in [4.69, 9.17) is 0 Å². The van der Waals surface area contributed by atoms with Crippen molar-refractivity contribution in [3.05, 3.63) is 20.2 Å². The number of amides is 1. The zero-order valence-electron chi connectivity index (χ0n) is 9.87. The second-order valence-electron chi connectivity index (χ2n) is 3.32. The lowest BCUT2D eigenvalue weighted by molar-refractivity contribution is -0.790. The maximum atomic E-state index is 11.1. The van der Waals surface area contributed by atoms with E-state index in [0.29, 0.717) is 13.0 Å². The topological polar surface area (TPSA) is 134 Å². The number of hydrogen-bond acceptors (Lipinski definition) is 7. The van der Waals surface area contributed by atoms with Gasteiger partial charge in [-0.1, -0.05) is 0 Å². The normalized spacial score (nSPS) is 11.4. The molecule has 0 radical (unpaired) electrons. The number of nitrogens with zero attached hydrogens (tertiary/aromatic N) is 2. The molecule has 0 saturated heterocycles. The van der Waals surface area contributed by atoms with Gasteiger partial charge in [-0.15, -0.1) is 20.2 Å². The highest BCUT2D eigenvalue weighted by Gasteiger charge is 2.16. The molecule has 0 aromatic carbocycles. The summed E-state index contributed by atoms with van der Waals surface area (Å²) in [7, 11) is 0. The molecule has 18 heavy (non-hydrogen) atoms. The summed E-state index contributed by atoms with van der Waals surface area (Å²) in [5, 5.41) is 20.5. The maximum Gasteiger partial charge on any atom is 0.294 e. The molecule has 1 unspecified atom stereocenters. The maximum absolute atomic E-state index is 11.1. The molecule has 0 saturated carbocycles. The van der Waals surface area contributed by atoms with Crippen LogP contribution in [-0.2, 0) is 14.5 Å². The van der Waals surface area contributed by atoms with Gasteiger partial charge in [0, 0.05) is 13.0 Å². The molecule has 0 spiro atoms. The summed E-state index contributed by atoms with van der Waals surface area (Å²) < 4.78 is 0. The fraction of sp³-hybridized carbons (Fsp3) is 0.875. The monoisotopic (exact) mass is 265 g/mol. The Hall–Kier alpha value is -2.13. The van der Waals surface area contributed by atoms with Gasteiger partial charge in [-0.3, -0.25) is 4.79 Å². The van der Waals surface area contributed by atoms with Crippen molar-refractivity contribution in [2.75, 3.05) is 13.2 Å². The molecule has 0 aliphatic rings. The van der Waals surface area contributed by atoms with Crippen molar-refractivity contribution in [2.45, 2.75) is 32.3 Å². The van der Waals surface area contributed by atoms with Crippen LogP contribution in [0.15, 0.2) is 0 Å². The molecule has 0 aliphatic heterocycles. The quantitative estimate of drug-likeness (QED) is 0.436. The van der Waals surface area contributed by atoms with E-state index in [-0.39, 0.29) is 18.7 Å². The lowest BCUT2D eigenvalue weighted by Gasteiger charge is -2.13. The number of nitrogens with one attached hydrogen (secondary N) is 1. The third-order valence-electron chi connectivity index (χ3n) is 1.90. The van der Waals surface area contributed by atoms with Crippen LogP contribution >= 0.6 is 0 Å². The smallest absolute Gasteiger partial charge is 0.294 e. The van der Waals surface area contributed by atoms with Crippen molar-refractivity contribution in [2.24, 2.45) is 0 Å². The first kappa shape index (κ1) is 15.9. The summed E-state index contributed by atoms with van der Waals surface area (Å²) in [6.07, 6.45) is -0.457. The summed E-state index contributed by atoms with van der Waals surface area (Å²) in [5.74, 6) is -0.187. The van der Waals surface area contributed by atoms with Crippen molar-refractivity contribution >= 4 is 5.91 Å². The molecule has 1 atom stereocenters. The minimum atomic E-state index is -1.06. The van der Waals surface area contributed by atoms with Gasteiger partial charge in [0.05, 0.1) is 0 Å². The summed E-state index contributed by atoms with van der Waals surface area (Å²) in [6.45, 7) is 1.73. The second kappa shape index (κ2) is 8.96. The zero-order valence-corrected chi connectivity index (χ0v) is 9.87. The first-order chi connectivity index (χ1) is 8.45. The van der Waals surface area contributed by atoms with Crippen LogP contribution in [0.25, 0.3) is 0 Å². The van der Waals surface area contributed by atoms with Gasteiger partial charge >= 0.3 is 0 Å². The third-order valence-corrected chi connectivity index (χ3v) is 1.90. The van der Waals surface area contributed by atoms with Crippen molar-refractivity contribution in [3.63, 3.8) is 0 Å². The molecule has 104 valence electrons. The van der Waals surface area contributed by atoms with Crippen LogP contribution in [0, 0.1) is 20.2 Å². The van der Waals surface area contributed by atoms with Gasteiger partial charge < -0.3 is 15.0 Å². The number of hydrogen-bond donors (Lipinski definition) is 1. The molecule has 0 aromatic heterocycles. The van der Waals surface area contributed by atoms with Gasteiger partial charge in [-0.2, -0.15) is 0 Å². The van der Waals surface area contributed by atoms with Crippen LogP contribution in [0.4, 0.5) is 0 Å². The largest absolute Gasteiger partial charge is 0.356 e. The highest BCUT2D eigenvalue weighted by molar-refractivity contribution is 5.75. The molecule has 0 fully saturated rings. The lowest BCUT2D eigenvalue weighted by atomic mass is 10.1.